The third-order valence-electron chi connectivity index (χ3n) is 4.93. The molecular formula is C21H32O5. The lowest BCUT2D eigenvalue weighted by Crippen LogP contribution is -2.17. The molecule has 1 aliphatic rings. The Hall–Kier alpha value is -1.75. The van der Waals surface area contributed by atoms with Gasteiger partial charge in [-0.3, -0.25) is 4.89 Å². The summed E-state index contributed by atoms with van der Waals surface area (Å²) in [6.45, 7) is 0. The van der Waals surface area contributed by atoms with Crippen LogP contribution in [0, 0.1) is 0 Å². The molecule has 1 fully saturated rings. The van der Waals surface area contributed by atoms with Crippen LogP contribution in [0.4, 0.5) is 0 Å². The molecule has 146 valence electrons. The maximum atomic E-state index is 12.4. The van der Waals surface area contributed by atoms with Gasteiger partial charge in [0.15, 0.2) is 11.5 Å². The number of ether oxygens (including phenoxy) is 2. The molecule has 5 heteroatoms. The molecule has 1 saturated carbocycles. The van der Waals surface area contributed by atoms with E-state index in [1.165, 1.54) is 59.2 Å². The first-order valence-corrected chi connectivity index (χ1v) is 9.85. The van der Waals surface area contributed by atoms with Crippen molar-refractivity contribution in [2.75, 3.05) is 14.2 Å². The van der Waals surface area contributed by atoms with E-state index in [-0.39, 0.29) is 6.10 Å². The Morgan fingerprint density at radius 1 is 0.846 bits per heavy atom. The molecule has 0 amide bonds. The fourth-order valence-electron chi connectivity index (χ4n) is 3.43. The second kappa shape index (κ2) is 11.8. The van der Waals surface area contributed by atoms with E-state index in [9.17, 15) is 4.79 Å². The van der Waals surface area contributed by atoms with E-state index in [1.54, 1.807) is 18.2 Å². The summed E-state index contributed by atoms with van der Waals surface area (Å²) in [7, 11) is 3.04. The van der Waals surface area contributed by atoms with Crippen molar-refractivity contribution in [2.45, 2.75) is 76.7 Å². The molecule has 0 saturated heterocycles. The Morgan fingerprint density at radius 3 is 1.96 bits per heavy atom. The van der Waals surface area contributed by atoms with Crippen molar-refractivity contribution < 1.29 is 24.0 Å². The lowest BCUT2D eigenvalue weighted by Gasteiger charge is -2.17. The Kier molecular flexibility index (Phi) is 9.32. The molecule has 5 nitrogen and oxygen atoms in total. The number of hydrogen-bond acceptors (Lipinski definition) is 5. The van der Waals surface area contributed by atoms with Crippen LogP contribution in [0.5, 0.6) is 11.5 Å². The molecule has 0 aliphatic heterocycles. The van der Waals surface area contributed by atoms with Gasteiger partial charge in [0.05, 0.1) is 14.2 Å². The summed E-state index contributed by atoms with van der Waals surface area (Å²) < 4.78 is 10.5. The molecular weight excluding hydrogens is 332 g/mol. The molecule has 0 radical (unpaired) electrons. The number of carbonyl (C=O) groups excluding carboxylic acids is 1. The first-order valence-electron chi connectivity index (χ1n) is 9.85. The molecule has 0 bridgehead atoms. The normalized spacial score (nSPS) is 17.6. The summed E-state index contributed by atoms with van der Waals surface area (Å²) in [4.78, 5) is 23.1. The first kappa shape index (κ1) is 20.6. The van der Waals surface area contributed by atoms with Crippen molar-refractivity contribution in [1.29, 1.82) is 0 Å². The van der Waals surface area contributed by atoms with Gasteiger partial charge in [-0.25, -0.2) is 4.79 Å². The molecule has 1 aliphatic carbocycles. The average molecular weight is 364 g/mol. The smallest absolute Gasteiger partial charge is 0.376 e. The van der Waals surface area contributed by atoms with Gasteiger partial charge in [0.2, 0.25) is 0 Å². The Morgan fingerprint density at radius 2 is 1.42 bits per heavy atom. The maximum absolute atomic E-state index is 12.4. The summed E-state index contributed by atoms with van der Waals surface area (Å²) in [5.41, 5.74) is 0.306. The second-order valence-corrected chi connectivity index (χ2v) is 6.89. The van der Waals surface area contributed by atoms with Gasteiger partial charge in [-0.2, -0.15) is 4.89 Å². The highest BCUT2D eigenvalue weighted by molar-refractivity contribution is 5.93. The lowest BCUT2D eigenvalue weighted by molar-refractivity contribution is -0.277. The molecule has 2 rings (SSSR count). The van der Waals surface area contributed by atoms with Crippen LogP contribution in [0.1, 0.15) is 81.0 Å². The van der Waals surface area contributed by atoms with Crippen LogP contribution in [0.25, 0.3) is 0 Å². The highest BCUT2D eigenvalue weighted by atomic mass is 17.2. The monoisotopic (exact) mass is 364 g/mol. The van der Waals surface area contributed by atoms with Gasteiger partial charge in [-0.1, -0.05) is 63.9 Å². The Labute approximate surface area is 156 Å². The van der Waals surface area contributed by atoms with E-state index in [0.29, 0.717) is 17.1 Å². The summed E-state index contributed by atoms with van der Waals surface area (Å²) in [6.07, 6.45) is 13.1. The van der Waals surface area contributed by atoms with Crippen molar-refractivity contribution in [2.24, 2.45) is 0 Å². The van der Waals surface area contributed by atoms with Crippen LogP contribution in [-0.2, 0) is 9.78 Å². The van der Waals surface area contributed by atoms with Gasteiger partial charge in [-0.05, 0) is 25.0 Å². The SMILES string of the molecule is COc1cccc(C(=O)OOC2CCCCCCCCCCC2)c1OC. The number of benzene rings is 1. The van der Waals surface area contributed by atoms with E-state index in [1.807, 2.05) is 0 Å². The predicted molar refractivity (Wildman–Crippen MR) is 101 cm³/mol. The van der Waals surface area contributed by atoms with Crippen molar-refractivity contribution in [1.82, 2.24) is 0 Å². The number of para-hydroxylation sites is 1. The molecule has 0 N–H and O–H groups in total. The molecule has 0 aromatic heterocycles. The third kappa shape index (κ3) is 6.52. The fraction of sp³-hybridized carbons (Fsp3) is 0.667. The number of methoxy groups -OCH3 is 2. The number of rotatable bonds is 5. The van der Waals surface area contributed by atoms with Crippen LogP contribution in [0.2, 0.25) is 0 Å². The molecule has 0 atom stereocenters. The zero-order valence-electron chi connectivity index (χ0n) is 16.1. The Balaban J connectivity index is 1.91. The van der Waals surface area contributed by atoms with Gasteiger partial charge >= 0.3 is 5.97 Å². The number of hydrogen-bond donors (Lipinski definition) is 0. The average Bonchev–Trinajstić information content (AvgIpc) is 2.66. The molecule has 1 aromatic rings. The van der Waals surface area contributed by atoms with Crippen molar-refractivity contribution in [3.63, 3.8) is 0 Å². The minimum atomic E-state index is -0.549. The summed E-state index contributed by atoms with van der Waals surface area (Å²) in [6, 6.07) is 5.12. The largest absolute Gasteiger partial charge is 0.493 e. The summed E-state index contributed by atoms with van der Waals surface area (Å²) >= 11 is 0. The fourth-order valence-corrected chi connectivity index (χ4v) is 3.43. The second-order valence-electron chi connectivity index (χ2n) is 6.89. The Bertz CT molecular complexity index is 531. The zero-order chi connectivity index (χ0) is 18.6. The van der Waals surface area contributed by atoms with Gasteiger partial charge in [0, 0.05) is 0 Å². The minimum Gasteiger partial charge on any atom is -0.493 e. The van der Waals surface area contributed by atoms with Gasteiger partial charge in [0.1, 0.15) is 11.7 Å². The standard InChI is InChI=1S/C21H32O5/c1-23-19-16-12-15-18(20(19)24-2)21(22)26-25-17-13-10-8-6-4-3-5-7-9-11-14-17/h12,15-17H,3-11,13-14H2,1-2H3. The van der Waals surface area contributed by atoms with Gasteiger partial charge in [-0.15, -0.1) is 0 Å². The van der Waals surface area contributed by atoms with E-state index >= 15 is 0 Å². The maximum Gasteiger partial charge on any atom is 0.376 e. The van der Waals surface area contributed by atoms with Crippen LogP contribution < -0.4 is 9.47 Å². The van der Waals surface area contributed by atoms with Crippen molar-refractivity contribution in [3.05, 3.63) is 23.8 Å². The predicted octanol–water partition coefficient (Wildman–Crippen LogP) is 5.47. The molecule has 0 unspecified atom stereocenters. The van der Waals surface area contributed by atoms with E-state index in [2.05, 4.69) is 0 Å². The first-order chi connectivity index (χ1) is 12.8. The number of carbonyl (C=O) groups is 1. The zero-order valence-corrected chi connectivity index (χ0v) is 16.1. The molecule has 0 spiro atoms. The van der Waals surface area contributed by atoms with Crippen molar-refractivity contribution in [3.8, 4) is 11.5 Å². The van der Waals surface area contributed by atoms with Crippen LogP contribution >= 0.6 is 0 Å². The summed E-state index contributed by atoms with van der Waals surface area (Å²) in [5.74, 6) is 0.308. The van der Waals surface area contributed by atoms with Gasteiger partial charge in [0.25, 0.3) is 0 Å². The summed E-state index contributed by atoms with van der Waals surface area (Å²) in [5, 5.41) is 0. The highest BCUT2D eigenvalue weighted by Gasteiger charge is 2.20. The van der Waals surface area contributed by atoms with E-state index in [0.717, 1.165) is 25.7 Å². The third-order valence-corrected chi connectivity index (χ3v) is 4.93. The van der Waals surface area contributed by atoms with Crippen LogP contribution in [0.3, 0.4) is 0 Å². The quantitative estimate of drug-likeness (QED) is 0.512. The van der Waals surface area contributed by atoms with Crippen LogP contribution in [0.15, 0.2) is 18.2 Å². The highest BCUT2D eigenvalue weighted by Crippen LogP contribution is 2.31. The van der Waals surface area contributed by atoms with Crippen LogP contribution in [-0.4, -0.2) is 26.3 Å². The minimum absolute atomic E-state index is 0.0324. The molecule has 26 heavy (non-hydrogen) atoms. The van der Waals surface area contributed by atoms with E-state index in [4.69, 9.17) is 19.2 Å². The molecule has 0 heterocycles. The van der Waals surface area contributed by atoms with E-state index < -0.39 is 5.97 Å². The van der Waals surface area contributed by atoms with Gasteiger partial charge < -0.3 is 9.47 Å². The topological polar surface area (TPSA) is 54.0 Å². The van der Waals surface area contributed by atoms with Crippen molar-refractivity contribution >= 4 is 5.97 Å². The lowest BCUT2D eigenvalue weighted by atomic mass is 9.99. The molecule has 1 aromatic carbocycles.